The molecule has 108 valence electrons. The summed E-state index contributed by atoms with van der Waals surface area (Å²) in [7, 11) is 0. The van der Waals surface area contributed by atoms with Crippen molar-refractivity contribution in [1.29, 1.82) is 0 Å². The number of carbonyl (C=O) groups excluding carboxylic acids is 1. The molecular formula is C14H18N2O3S. The highest BCUT2D eigenvalue weighted by Crippen LogP contribution is 2.30. The Kier molecular flexibility index (Phi) is 4.54. The van der Waals surface area contributed by atoms with Gasteiger partial charge >= 0.3 is 12.0 Å². The van der Waals surface area contributed by atoms with Gasteiger partial charge in [-0.2, -0.15) is 0 Å². The number of hydrogen-bond donors (Lipinski definition) is 3. The molecular weight excluding hydrogens is 276 g/mol. The maximum Gasteiger partial charge on any atom is 0.329 e. The molecule has 0 heterocycles. The van der Waals surface area contributed by atoms with Crippen LogP contribution in [-0.2, 0) is 4.79 Å². The van der Waals surface area contributed by atoms with Gasteiger partial charge in [-0.1, -0.05) is 18.9 Å². The van der Waals surface area contributed by atoms with E-state index in [1.807, 2.05) is 24.5 Å². The predicted molar refractivity (Wildman–Crippen MR) is 79.2 cm³/mol. The molecule has 0 aliphatic heterocycles. The molecule has 2 rings (SSSR count). The summed E-state index contributed by atoms with van der Waals surface area (Å²) in [5.41, 5.74) is -0.450. The molecule has 1 aromatic rings. The van der Waals surface area contributed by atoms with Crippen LogP contribution in [0.3, 0.4) is 0 Å². The van der Waals surface area contributed by atoms with Crippen LogP contribution in [0.4, 0.5) is 10.5 Å². The Hall–Kier alpha value is -1.69. The molecule has 0 aromatic heterocycles. The first-order chi connectivity index (χ1) is 9.55. The van der Waals surface area contributed by atoms with E-state index in [0.29, 0.717) is 18.5 Å². The van der Waals surface area contributed by atoms with E-state index in [-0.39, 0.29) is 0 Å². The van der Waals surface area contributed by atoms with Crippen LogP contribution in [0.1, 0.15) is 25.7 Å². The fraction of sp³-hybridized carbons (Fsp3) is 0.429. The molecule has 0 radical (unpaired) electrons. The van der Waals surface area contributed by atoms with Crippen molar-refractivity contribution in [3.8, 4) is 0 Å². The summed E-state index contributed by atoms with van der Waals surface area (Å²) in [6.45, 7) is 0. The number of nitrogens with one attached hydrogen (secondary N) is 2. The molecule has 6 heteroatoms. The molecule has 1 fully saturated rings. The third-order valence-corrected chi connectivity index (χ3v) is 4.27. The van der Waals surface area contributed by atoms with E-state index in [2.05, 4.69) is 10.6 Å². The van der Waals surface area contributed by atoms with Crippen LogP contribution in [0.25, 0.3) is 0 Å². The molecule has 0 spiro atoms. The summed E-state index contributed by atoms with van der Waals surface area (Å²) in [6, 6.07) is 6.97. The van der Waals surface area contributed by atoms with E-state index in [1.54, 1.807) is 17.8 Å². The van der Waals surface area contributed by atoms with Crippen LogP contribution >= 0.6 is 11.8 Å². The van der Waals surface area contributed by atoms with Gasteiger partial charge in [0.25, 0.3) is 0 Å². The largest absolute Gasteiger partial charge is 0.480 e. The summed E-state index contributed by atoms with van der Waals surface area (Å²) in [5, 5.41) is 14.6. The molecule has 2 amide bonds. The second-order valence-corrected chi connectivity index (χ2v) is 5.79. The van der Waals surface area contributed by atoms with Crippen molar-refractivity contribution in [2.45, 2.75) is 36.1 Å². The van der Waals surface area contributed by atoms with Crippen LogP contribution < -0.4 is 10.6 Å². The molecule has 0 bridgehead atoms. The van der Waals surface area contributed by atoms with E-state index in [1.165, 1.54) is 0 Å². The highest BCUT2D eigenvalue weighted by Gasteiger charge is 2.42. The van der Waals surface area contributed by atoms with E-state index in [9.17, 15) is 14.7 Å². The van der Waals surface area contributed by atoms with Crippen LogP contribution in [0, 0.1) is 0 Å². The maximum absolute atomic E-state index is 12.0. The highest BCUT2D eigenvalue weighted by atomic mass is 32.2. The van der Waals surface area contributed by atoms with Gasteiger partial charge in [0.1, 0.15) is 5.54 Å². The van der Waals surface area contributed by atoms with Gasteiger partial charge in [-0.05, 0) is 37.3 Å². The second-order valence-electron chi connectivity index (χ2n) is 4.91. The van der Waals surface area contributed by atoms with Crippen LogP contribution in [0.2, 0.25) is 0 Å². The standard InChI is InChI=1S/C14H18N2O3S/c1-20-11-6-4-5-10(9-11)15-13(19)16-14(12(17)18)7-2-3-8-14/h4-6,9H,2-3,7-8H2,1H3,(H,17,18)(H2,15,16,19). The van der Waals surface area contributed by atoms with Gasteiger partial charge in [0.15, 0.2) is 0 Å². The summed E-state index contributed by atoms with van der Waals surface area (Å²) < 4.78 is 0. The van der Waals surface area contributed by atoms with Gasteiger partial charge in [0.2, 0.25) is 0 Å². The van der Waals surface area contributed by atoms with Crippen LogP contribution in [0.5, 0.6) is 0 Å². The van der Waals surface area contributed by atoms with E-state index in [4.69, 9.17) is 0 Å². The fourth-order valence-corrected chi connectivity index (χ4v) is 2.91. The fourth-order valence-electron chi connectivity index (χ4n) is 2.45. The van der Waals surface area contributed by atoms with Gasteiger partial charge in [0.05, 0.1) is 0 Å². The number of benzene rings is 1. The van der Waals surface area contributed by atoms with Crippen molar-refractivity contribution in [1.82, 2.24) is 5.32 Å². The summed E-state index contributed by atoms with van der Waals surface area (Å²) in [4.78, 5) is 24.4. The third kappa shape index (κ3) is 3.25. The Balaban J connectivity index is 2.02. The highest BCUT2D eigenvalue weighted by molar-refractivity contribution is 7.98. The average molecular weight is 294 g/mol. The van der Waals surface area contributed by atoms with Gasteiger partial charge in [-0.25, -0.2) is 9.59 Å². The maximum atomic E-state index is 12.0. The molecule has 0 atom stereocenters. The van der Waals surface area contributed by atoms with Gasteiger partial charge in [-0.15, -0.1) is 11.8 Å². The predicted octanol–water partition coefficient (Wildman–Crippen LogP) is 2.93. The Morgan fingerprint density at radius 3 is 2.60 bits per heavy atom. The van der Waals surface area contributed by atoms with Crippen molar-refractivity contribution >= 4 is 29.4 Å². The molecule has 5 nitrogen and oxygen atoms in total. The third-order valence-electron chi connectivity index (χ3n) is 3.55. The lowest BCUT2D eigenvalue weighted by molar-refractivity contribution is -0.144. The first-order valence-electron chi connectivity index (χ1n) is 6.52. The molecule has 1 saturated carbocycles. The summed E-state index contributed by atoms with van der Waals surface area (Å²) >= 11 is 1.58. The van der Waals surface area contributed by atoms with Crippen LogP contribution in [0.15, 0.2) is 29.2 Å². The Labute approximate surface area is 122 Å². The quantitative estimate of drug-likeness (QED) is 0.746. The lowest BCUT2D eigenvalue weighted by Gasteiger charge is -2.25. The lowest BCUT2D eigenvalue weighted by Crippen LogP contribution is -2.53. The first kappa shape index (κ1) is 14.7. The van der Waals surface area contributed by atoms with Gasteiger partial charge in [0, 0.05) is 10.6 Å². The number of thioether (sulfide) groups is 1. The average Bonchev–Trinajstić information content (AvgIpc) is 2.88. The molecule has 20 heavy (non-hydrogen) atoms. The number of anilines is 1. The minimum absolute atomic E-state index is 0.465. The molecule has 1 aromatic carbocycles. The van der Waals surface area contributed by atoms with Crippen molar-refractivity contribution in [2.24, 2.45) is 0 Å². The van der Waals surface area contributed by atoms with Gasteiger partial charge in [-0.3, -0.25) is 0 Å². The minimum atomic E-state index is -1.11. The van der Waals surface area contributed by atoms with Crippen molar-refractivity contribution < 1.29 is 14.7 Å². The second kappa shape index (κ2) is 6.17. The molecule has 1 aliphatic carbocycles. The monoisotopic (exact) mass is 294 g/mol. The Morgan fingerprint density at radius 2 is 2.00 bits per heavy atom. The number of carboxylic acid groups (broad SMARTS) is 1. The number of urea groups is 1. The lowest BCUT2D eigenvalue weighted by atomic mass is 9.98. The molecule has 0 saturated heterocycles. The minimum Gasteiger partial charge on any atom is -0.480 e. The summed E-state index contributed by atoms with van der Waals surface area (Å²) in [6.07, 6.45) is 4.58. The van der Waals surface area contributed by atoms with Crippen molar-refractivity contribution in [2.75, 3.05) is 11.6 Å². The van der Waals surface area contributed by atoms with Crippen molar-refractivity contribution in [3.63, 3.8) is 0 Å². The SMILES string of the molecule is CSc1cccc(NC(=O)NC2(C(=O)O)CCCC2)c1. The number of hydrogen-bond acceptors (Lipinski definition) is 3. The zero-order valence-corrected chi connectivity index (χ0v) is 12.1. The zero-order chi connectivity index (χ0) is 14.6. The number of rotatable bonds is 4. The molecule has 1 aliphatic rings. The topological polar surface area (TPSA) is 78.4 Å². The first-order valence-corrected chi connectivity index (χ1v) is 7.75. The Bertz CT molecular complexity index is 513. The molecule has 0 unspecified atom stereocenters. The van der Waals surface area contributed by atoms with E-state index >= 15 is 0 Å². The van der Waals surface area contributed by atoms with Crippen LogP contribution in [-0.4, -0.2) is 28.9 Å². The summed E-state index contributed by atoms with van der Waals surface area (Å²) in [5.74, 6) is -0.956. The van der Waals surface area contributed by atoms with Gasteiger partial charge < -0.3 is 15.7 Å². The molecule has 3 N–H and O–H groups in total. The number of amides is 2. The zero-order valence-electron chi connectivity index (χ0n) is 11.3. The van der Waals surface area contributed by atoms with Crippen molar-refractivity contribution in [3.05, 3.63) is 24.3 Å². The Morgan fingerprint density at radius 1 is 1.30 bits per heavy atom. The van der Waals surface area contributed by atoms with E-state index in [0.717, 1.165) is 17.7 Å². The number of aliphatic carboxylic acids is 1. The number of carbonyl (C=O) groups is 2. The normalized spacial score (nSPS) is 16.6. The number of carboxylic acids is 1. The van der Waals surface area contributed by atoms with E-state index < -0.39 is 17.5 Å². The smallest absolute Gasteiger partial charge is 0.329 e.